The van der Waals surface area contributed by atoms with Crippen LogP contribution >= 0.6 is 0 Å². The monoisotopic (exact) mass is 266 g/mol. The minimum atomic E-state index is -2.29. The summed E-state index contributed by atoms with van der Waals surface area (Å²) in [5.41, 5.74) is 0. The van der Waals surface area contributed by atoms with E-state index in [1.54, 1.807) is 0 Å². The fraction of sp³-hybridized carbons (Fsp3) is 0.857. The van der Waals surface area contributed by atoms with Crippen LogP contribution in [0.25, 0.3) is 0 Å². The zero-order chi connectivity index (χ0) is 12.2. The van der Waals surface area contributed by atoms with Crippen molar-refractivity contribution >= 4 is 43.7 Å². The van der Waals surface area contributed by atoms with Crippen molar-refractivity contribution in [3.63, 3.8) is 0 Å². The summed E-state index contributed by atoms with van der Waals surface area (Å²) in [6.07, 6.45) is -10.2. The van der Waals surface area contributed by atoms with Gasteiger partial charge in [-0.2, -0.15) is 0 Å². The molecule has 0 saturated heterocycles. The van der Waals surface area contributed by atoms with E-state index in [0.717, 1.165) is 0 Å². The molecule has 0 aromatic rings. The molecule has 0 aliphatic rings. The standard InChI is InChI=1S/C7H14O8.Ca/c8-1-2(9)3(10)4(11)5(12)6(13)7(14)15;/h2-6,8-13H,1H2,(H,14,15);/t2-,3-,4+,5-,6+;/m1./s1. The maximum Gasteiger partial charge on any atom is 0.335 e. The van der Waals surface area contributed by atoms with Gasteiger partial charge >= 0.3 is 5.97 Å². The van der Waals surface area contributed by atoms with Crippen molar-refractivity contribution in [1.82, 2.24) is 0 Å². The number of carbonyl (C=O) groups is 1. The van der Waals surface area contributed by atoms with Gasteiger partial charge in [0.05, 0.1) is 6.61 Å². The molecule has 0 heterocycles. The van der Waals surface area contributed by atoms with Gasteiger partial charge in [0.2, 0.25) is 0 Å². The van der Waals surface area contributed by atoms with Crippen molar-refractivity contribution in [2.75, 3.05) is 6.61 Å². The number of aliphatic carboxylic acids is 1. The van der Waals surface area contributed by atoms with Crippen LogP contribution in [0.5, 0.6) is 0 Å². The molecule has 9 heteroatoms. The first kappa shape index (κ1) is 18.8. The van der Waals surface area contributed by atoms with Crippen LogP contribution in [-0.4, -0.2) is 117 Å². The number of aliphatic hydroxyl groups is 6. The van der Waals surface area contributed by atoms with Crippen LogP contribution < -0.4 is 0 Å². The quantitative estimate of drug-likeness (QED) is 0.237. The molecular weight excluding hydrogens is 252 g/mol. The van der Waals surface area contributed by atoms with Crippen molar-refractivity contribution in [3.8, 4) is 0 Å². The predicted molar refractivity (Wildman–Crippen MR) is 50.5 cm³/mol. The number of aliphatic hydroxyl groups excluding tert-OH is 6. The molecule has 0 fully saturated rings. The Balaban J connectivity index is 0. The van der Waals surface area contributed by atoms with Gasteiger partial charge in [-0.05, 0) is 0 Å². The van der Waals surface area contributed by atoms with Crippen LogP contribution in [0.3, 0.4) is 0 Å². The number of rotatable bonds is 6. The maximum absolute atomic E-state index is 10.2. The Bertz CT molecular complexity index is 213. The van der Waals surface area contributed by atoms with E-state index < -0.39 is 43.1 Å². The second-order valence-corrected chi connectivity index (χ2v) is 3.00. The molecule has 0 aromatic heterocycles. The third kappa shape index (κ3) is 5.21. The van der Waals surface area contributed by atoms with E-state index in [9.17, 15) is 4.79 Å². The topological polar surface area (TPSA) is 159 Å². The third-order valence-electron chi connectivity index (χ3n) is 1.86. The molecule has 7 N–H and O–H groups in total. The first-order chi connectivity index (χ1) is 6.82. The Morgan fingerprint density at radius 1 is 0.938 bits per heavy atom. The van der Waals surface area contributed by atoms with Gasteiger partial charge in [-0.3, -0.25) is 0 Å². The SMILES string of the molecule is O=C(O)[C@@H](O)[C@H](O)[C@@H](O)[C@H](O)[C@H](O)CO.[Ca]. The number of hydrogen-bond donors (Lipinski definition) is 7. The van der Waals surface area contributed by atoms with E-state index in [4.69, 9.17) is 35.7 Å². The summed E-state index contributed by atoms with van der Waals surface area (Å²) < 4.78 is 0. The largest absolute Gasteiger partial charge is 0.479 e. The van der Waals surface area contributed by atoms with Crippen LogP contribution in [0.1, 0.15) is 0 Å². The summed E-state index contributed by atoms with van der Waals surface area (Å²) in [7, 11) is 0. The van der Waals surface area contributed by atoms with E-state index in [-0.39, 0.29) is 37.7 Å². The van der Waals surface area contributed by atoms with Gasteiger partial charge < -0.3 is 35.7 Å². The van der Waals surface area contributed by atoms with E-state index >= 15 is 0 Å². The predicted octanol–water partition coefficient (Wildman–Crippen LogP) is -4.51. The van der Waals surface area contributed by atoms with Crippen molar-refractivity contribution in [3.05, 3.63) is 0 Å². The number of carboxylic acids is 1. The molecule has 16 heavy (non-hydrogen) atoms. The van der Waals surface area contributed by atoms with Gasteiger partial charge in [-0.1, -0.05) is 0 Å². The molecule has 0 saturated carbocycles. The zero-order valence-corrected chi connectivity index (χ0v) is 10.5. The van der Waals surface area contributed by atoms with Crippen LogP contribution in [0.2, 0.25) is 0 Å². The summed E-state index contributed by atoms with van der Waals surface area (Å²) in [5, 5.41) is 61.5. The second kappa shape index (κ2) is 8.56. The van der Waals surface area contributed by atoms with Crippen LogP contribution in [0.4, 0.5) is 0 Å². The molecule has 5 atom stereocenters. The molecule has 0 spiro atoms. The molecule has 0 bridgehead atoms. The van der Waals surface area contributed by atoms with Gasteiger partial charge in [-0.15, -0.1) is 0 Å². The van der Waals surface area contributed by atoms with Gasteiger partial charge in [0.15, 0.2) is 6.10 Å². The molecule has 0 aromatic carbocycles. The zero-order valence-electron chi connectivity index (χ0n) is 8.34. The smallest absolute Gasteiger partial charge is 0.335 e. The van der Waals surface area contributed by atoms with Crippen molar-refractivity contribution in [2.24, 2.45) is 0 Å². The third-order valence-corrected chi connectivity index (χ3v) is 1.86. The molecule has 0 amide bonds. The van der Waals surface area contributed by atoms with E-state index in [0.29, 0.717) is 0 Å². The first-order valence-corrected chi connectivity index (χ1v) is 4.07. The van der Waals surface area contributed by atoms with Crippen molar-refractivity contribution in [2.45, 2.75) is 30.5 Å². The normalized spacial score (nSPS) is 20.1. The molecular formula is C7H14CaO8. The Kier molecular flexibility index (Phi) is 10.1. The molecule has 0 unspecified atom stereocenters. The summed E-state index contributed by atoms with van der Waals surface area (Å²) in [4.78, 5) is 10.2. The fourth-order valence-electron chi connectivity index (χ4n) is 0.870. The van der Waals surface area contributed by atoms with E-state index in [1.165, 1.54) is 0 Å². The average molecular weight is 266 g/mol. The fourth-order valence-corrected chi connectivity index (χ4v) is 0.870. The van der Waals surface area contributed by atoms with E-state index in [2.05, 4.69) is 0 Å². The summed E-state index contributed by atoms with van der Waals surface area (Å²) in [5.74, 6) is -1.78. The summed E-state index contributed by atoms with van der Waals surface area (Å²) in [6.45, 7) is -0.881. The molecule has 92 valence electrons. The van der Waals surface area contributed by atoms with Gasteiger partial charge in [-0.25, -0.2) is 4.79 Å². The van der Waals surface area contributed by atoms with Crippen molar-refractivity contribution in [1.29, 1.82) is 0 Å². The van der Waals surface area contributed by atoms with Crippen LogP contribution in [-0.2, 0) is 4.79 Å². The second-order valence-electron chi connectivity index (χ2n) is 3.00. The molecule has 8 nitrogen and oxygen atoms in total. The van der Waals surface area contributed by atoms with Gasteiger partial charge in [0.25, 0.3) is 0 Å². The Morgan fingerprint density at radius 3 is 1.69 bits per heavy atom. The van der Waals surface area contributed by atoms with Crippen LogP contribution in [0, 0.1) is 0 Å². The van der Waals surface area contributed by atoms with Gasteiger partial charge in [0.1, 0.15) is 24.4 Å². The van der Waals surface area contributed by atoms with Crippen LogP contribution in [0.15, 0.2) is 0 Å². The number of carboxylic acid groups (broad SMARTS) is 1. The Hall–Kier alpha value is 0.490. The molecule has 0 aliphatic heterocycles. The minimum Gasteiger partial charge on any atom is -0.479 e. The maximum atomic E-state index is 10.2. The molecule has 2 radical (unpaired) electrons. The average Bonchev–Trinajstić information content (AvgIpc) is 2.23. The molecule has 0 aliphatic carbocycles. The summed E-state index contributed by atoms with van der Waals surface area (Å²) in [6, 6.07) is 0. The minimum absolute atomic E-state index is 0. The Morgan fingerprint density at radius 2 is 1.38 bits per heavy atom. The first-order valence-electron chi connectivity index (χ1n) is 4.07. The van der Waals surface area contributed by atoms with E-state index in [1.807, 2.05) is 0 Å². The Labute approximate surface area is 121 Å². The summed E-state index contributed by atoms with van der Waals surface area (Å²) >= 11 is 0. The number of hydrogen-bond acceptors (Lipinski definition) is 7. The van der Waals surface area contributed by atoms with Crippen molar-refractivity contribution < 1.29 is 40.5 Å². The van der Waals surface area contributed by atoms with Gasteiger partial charge in [0, 0.05) is 37.7 Å². The molecule has 0 rings (SSSR count).